The minimum atomic E-state index is 0.463. The first-order valence-electron chi connectivity index (χ1n) is 6.40. The molecule has 0 aliphatic heterocycles. The van der Waals surface area contributed by atoms with Crippen molar-refractivity contribution in [2.75, 3.05) is 5.73 Å². The number of aryl methyl sites for hydroxylation is 1. The molecule has 3 aromatic rings. The SMILES string of the molecule is Cc1cncc(COc2ccc(N)c3cccnc23)c1. The molecule has 20 heavy (non-hydrogen) atoms. The zero-order valence-corrected chi connectivity index (χ0v) is 11.2. The van der Waals surface area contributed by atoms with Gasteiger partial charge in [0, 0.05) is 35.2 Å². The van der Waals surface area contributed by atoms with E-state index in [0.717, 1.165) is 27.8 Å². The molecule has 0 saturated carbocycles. The standard InChI is InChI=1S/C16H15N3O/c1-11-7-12(9-18-8-11)10-20-15-5-4-14(17)13-3-2-6-19-16(13)15/h2-9H,10,17H2,1H3. The first-order chi connectivity index (χ1) is 9.74. The molecule has 1 aromatic carbocycles. The van der Waals surface area contributed by atoms with E-state index >= 15 is 0 Å². The van der Waals surface area contributed by atoms with Gasteiger partial charge in [-0.05, 0) is 42.8 Å². The zero-order chi connectivity index (χ0) is 13.9. The Morgan fingerprint density at radius 3 is 2.95 bits per heavy atom. The van der Waals surface area contributed by atoms with Crippen LogP contribution in [0.2, 0.25) is 0 Å². The van der Waals surface area contributed by atoms with Gasteiger partial charge in [0.1, 0.15) is 17.9 Å². The van der Waals surface area contributed by atoms with Crippen LogP contribution in [0.15, 0.2) is 48.9 Å². The van der Waals surface area contributed by atoms with E-state index in [1.54, 1.807) is 12.4 Å². The van der Waals surface area contributed by atoms with E-state index in [1.807, 2.05) is 37.4 Å². The molecule has 4 heteroatoms. The molecule has 3 rings (SSSR count). The van der Waals surface area contributed by atoms with E-state index < -0.39 is 0 Å². The lowest BCUT2D eigenvalue weighted by molar-refractivity contribution is 0.309. The maximum atomic E-state index is 5.95. The molecule has 0 bridgehead atoms. The molecule has 0 fully saturated rings. The number of nitrogens with two attached hydrogens (primary N) is 1. The number of benzene rings is 1. The third kappa shape index (κ3) is 2.40. The van der Waals surface area contributed by atoms with Crippen LogP contribution in [-0.2, 0) is 6.61 Å². The number of anilines is 1. The summed E-state index contributed by atoms with van der Waals surface area (Å²) in [6.45, 7) is 2.47. The molecule has 0 radical (unpaired) electrons. The predicted molar refractivity (Wildman–Crippen MR) is 79.5 cm³/mol. The highest BCUT2D eigenvalue weighted by molar-refractivity contribution is 5.94. The Morgan fingerprint density at radius 1 is 1.20 bits per heavy atom. The number of ether oxygens (including phenoxy) is 1. The Bertz CT molecular complexity index is 756. The lowest BCUT2D eigenvalue weighted by atomic mass is 10.1. The third-order valence-corrected chi connectivity index (χ3v) is 3.09. The number of hydrogen-bond acceptors (Lipinski definition) is 4. The molecule has 0 aliphatic carbocycles. The van der Waals surface area contributed by atoms with E-state index in [9.17, 15) is 0 Å². The summed E-state index contributed by atoms with van der Waals surface area (Å²) in [4.78, 5) is 8.51. The second-order valence-electron chi connectivity index (χ2n) is 4.71. The molecule has 0 spiro atoms. The van der Waals surface area contributed by atoms with Gasteiger partial charge in [-0.25, -0.2) is 0 Å². The van der Waals surface area contributed by atoms with Crippen molar-refractivity contribution in [2.45, 2.75) is 13.5 Å². The largest absolute Gasteiger partial charge is 0.487 e. The Labute approximate surface area is 117 Å². The molecule has 2 aromatic heterocycles. The van der Waals surface area contributed by atoms with E-state index in [0.29, 0.717) is 12.3 Å². The Hall–Kier alpha value is -2.62. The topological polar surface area (TPSA) is 61.0 Å². The lowest BCUT2D eigenvalue weighted by Gasteiger charge is -2.10. The summed E-state index contributed by atoms with van der Waals surface area (Å²) in [6.07, 6.45) is 5.37. The number of nitrogens with zero attached hydrogens (tertiary/aromatic N) is 2. The van der Waals surface area contributed by atoms with E-state index in [2.05, 4.69) is 16.0 Å². The van der Waals surface area contributed by atoms with Crippen LogP contribution in [0.3, 0.4) is 0 Å². The van der Waals surface area contributed by atoms with Gasteiger partial charge < -0.3 is 10.5 Å². The number of pyridine rings is 2. The lowest BCUT2D eigenvalue weighted by Crippen LogP contribution is -1.99. The summed E-state index contributed by atoms with van der Waals surface area (Å²) < 4.78 is 5.86. The number of rotatable bonds is 3. The van der Waals surface area contributed by atoms with Gasteiger partial charge in [0.25, 0.3) is 0 Å². The fourth-order valence-corrected chi connectivity index (χ4v) is 2.14. The van der Waals surface area contributed by atoms with Crippen LogP contribution in [0.4, 0.5) is 5.69 Å². The van der Waals surface area contributed by atoms with E-state index in [4.69, 9.17) is 10.5 Å². The van der Waals surface area contributed by atoms with Crippen molar-refractivity contribution in [1.29, 1.82) is 0 Å². The van der Waals surface area contributed by atoms with E-state index in [1.165, 1.54) is 0 Å². The first-order valence-corrected chi connectivity index (χ1v) is 6.40. The van der Waals surface area contributed by atoms with Crippen LogP contribution in [0.5, 0.6) is 5.75 Å². The van der Waals surface area contributed by atoms with Crippen molar-refractivity contribution in [3.05, 3.63) is 60.0 Å². The van der Waals surface area contributed by atoms with Gasteiger partial charge in [0.05, 0.1) is 0 Å². The molecule has 0 saturated heterocycles. The van der Waals surface area contributed by atoms with Crippen molar-refractivity contribution in [1.82, 2.24) is 9.97 Å². The summed E-state index contributed by atoms with van der Waals surface area (Å²) in [5.74, 6) is 0.733. The second kappa shape index (κ2) is 5.17. The van der Waals surface area contributed by atoms with Gasteiger partial charge >= 0.3 is 0 Å². The summed E-state index contributed by atoms with van der Waals surface area (Å²) in [5, 5.41) is 0.910. The van der Waals surface area contributed by atoms with Gasteiger partial charge in [-0.15, -0.1) is 0 Å². The molecule has 100 valence electrons. The van der Waals surface area contributed by atoms with Crippen LogP contribution in [0, 0.1) is 6.92 Å². The highest BCUT2D eigenvalue weighted by Crippen LogP contribution is 2.28. The molecule has 0 amide bonds. The monoisotopic (exact) mass is 265 g/mol. The van der Waals surface area contributed by atoms with Crippen molar-refractivity contribution in [3.8, 4) is 5.75 Å². The molecule has 0 unspecified atom stereocenters. The second-order valence-corrected chi connectivity index (χ2v) is 4.71. The highest BCUT2D eigenvalue weighted by Gasteiger charge is 2.06. The average Bonchev–Trinajstić information content (AvgIpc) is 2.47. The van der Waals surface area contributed by atoms with Gasteiger partial charge in [-0.2, -0.15) is 0 Å². The third-order valence-electron chi connectivity index (χ3n) is 3.09. The fraction of sp³-hybridized carbons (Fsp3) is 0.125. The molecule has 2 N–H and O–H groups in total. The van der Waals surface area contributed by atoms with Crippen molar-refractivity contribution >= 4 is 16.6 Å². The summed E-state index contributed by atoms with van der Waals surface area (Å²) in [6, 6.07) is 9.56. The molecular formula is C16H15N3O. The quantitative estimate of drug-likeness (QED) is 0.739. The Kier molecular flexibility index (Phi) is 3.21. The zero-order valence-electron chi connectivity index (χ0n) is 11.2. The van der Waals surface area contributed by atoms with Crippen LogP contribution >= 0.6 is 0 Å². The smallest absolute Gasteiger partial charge is 0.146 e. The average molecular weight is 265 g/mol. The molecule has 4 nitrogen and oxygen atoms in total. The van der Waals surface area contributed by atoms with Crippen molar-refractivity contribution in [2.24, 2.45) is 0 Å². The summed E-state index contributed by atoms with van der Waals surface area (Å²) in [7, 11) is 0. The number of nitrogen functional groups attached to an aromatic ring is 1. The Balaban J connectivity index is 1.90. The van der Waals surface area contributed by atoms with Crippen molar-refractivity contribution < 1.29 is 4.74 Å². The number of fused-ring (bicyclic) bond motifs is 1. The summed E-state index contributed by atoms with van der Waals surface area (Å²) >= 11 is 0. The number of aromatic nitrogens is 2. The molecule has 0 aliphatic rings. The van der Waals surface area contributed by atoms with Gasteiger partial charge in [0.15, 0.2) is 0 Å². The molecular weight excluding hydrogens is 250 g/mol. The molecule has 2 heterocycles. The van der Waals surface area contributed by atoms with Crippen LogP contribution in [0.25, 0.3) is 10.9 Å². The van der Waals surface area contributed by atoms with Gasteiger partial charge in [0.2, 0.25) is 0 Å². The van der Waals surface area contributed by atoms with Crippen molar-refractivity contribution in [3.63, 3.8) is 0 Å². The highest BCUT2D eigenvalue weighted by atomic mass is 16.5. The molecule has 0 atom stereocenters. The van der Waals surface area contributed by atoms with Gasteiger partial charge in [-0.3, -0.25) is 9.97 Å². The number of hydrogen-bond donors (Lipinski definition) is 1. The van der Waals surface area contributed by atoms with Crippen LogP contribution in [0.1, 0.15) is 11.1 Å². The van der Waals surface area contributed by atoms with Crippen LogP contribution in [-0.4, -0.2) is 9.97 Å². The Morgan fingerprint density at radius 2 is 2.10 bits per heavy atom. The predicted octanol–water partition coefficient (Wildman–Crippen LogP) is 3.10. The minimum absolute atomic E-state index is 0.463. The maximum absolute atomic E-state index is 5.95. The normalized spacial score (nSPS) is 10.7. The summed E-state index contributed by atoms with van der Waals surface area (Å²) in [5.41, 5.74) is 9.59. The fourth-order valence-electron chi connectivity index (χ4n) is 2.14. The first kappa shape index (κ1) is 12.4. The van der Waals surface area contributed by atoms with E-state index in [-0.39, 0.29) is 0 Å². The van der Waals surface area contributed by atoms with Crippen LogP contribution < -0.4 is 10.5 Å². The maximum Gasteiger partial charge on any atom is 0.146 e. The van der Waals surface area contributed by atoms with Gasteiger partial charge in [-0.1, -0.05) is 0 Å². The minimum Gasteiger partial charge on any atom is -0.487 e.